The van der Waals surface area contributed by atoms with Gasteiger partial charge in [-0.1, -0.05) is 6.92 Å². The molecule has 0 amide bonds. The number of carboxylic acid groups (broad SMARTS) is 1. The number of aryl methyl sites for hydroxylation is 1. The van der Waals surface area contributed by atoms with Crippen LogP contribution in [0.5, 0.6) is 0 Å². The van der Waals surface area contributed by atoms with E-state index in [4.69, 9.17) is 4.74 Å². The quantitative estimate of drug-likeness (QED) is 0.942. The molecule has 0 spiro atoms. The Labute approximate surface area is 122 Å². The van der Waals surface area contributed by atoms with E-state index in [1.165, 1.54) is 0 Å². The van der Waals surface area contributed by atoms with Crippen LogP contribution in [-0.4, -0.2) is 32.8 Å². The number of rotatable bonds is 3. The minimum atomic E-state index is -0.896. The van der Waals surface area contributed by atoms with E-state index in [9.17, 15) is 9.90 Å². The van der Waals surface area contributed by atoms with Gasteiger partial charge in [0.2, 0.25) is 0 Å². The number of hydrogen-bond donors (Lipinski definition) is 1. The Balaban J connectivity index is 1.88. The summed E-state index contributed by atoms with van der Waals surface area (Å²) in [5.41, 5.74) is 2.11. The predicted octanol–water partition coefficient (Wildman–Crippen LogP) is 2.79. The lowest BCUT2D eigenvalue weighted by atomic mass is 9.95. The third-order valence-electron chi connectivity index (χ3n) is 4.73. The molecule has 2 aliphatic heterocycles. The van der Waals surface area contributed by atoms with Gasteiger partial charge in [-0.15, -0.1) is 0 Å². The summed E-state index contributed by atoms with van der Waals surface area (Å²) in [5, 5.41) is 9.22. The van der Waals surface area contributed by atoms with E-state index in [2.05, 4.69) is 16.5 Å². The minimum absolute atomic E-state index is 0.256. The number of benzene rings is 1. The van der Waals surface area contributed by atoms with Crippen molar-refractivity contribution in [2.24, 2.45) is 0 Å². The molecule has 0 radical (unpaired) electrons. The molecule has 3 unspecified atom stereocenters. The first-order valence-corrected chi connectivity index (χ1v) is 7.57. The van der Waals surface area contributed by atoms with E-state index < -0.39 is 5.97 Å². The van der Waals surface area contributed by atoms with Crippen LogP contribution in [0, 0.1) is 0 Å². The van der Waals surface area contributed by atoms with E-state index in [1.807, 2.05) is 6.07 Å². The molecule has 3 atom stereocenters. The number of carboxylic acids is 1. The zero-order valence-electron chi connectivity index (χ0n) is 12.0. The second-order valence-corrected chi connectivity index (χ2v) is 5.94. The molecule has 2 fully saturated rings. The SMILES string of the molecule is CCc1nc2ccc(C(=O)O)cc2n1C1CC2CCC1O2. The summed E-state index contributed by atoms with van der Waals surface area (Å²) in [6.07, 6.45) is 4.72. The number of imidazole rings is 1. The van der Waals surface area contributed by atoms with Crippen molar-refractivity contribution in [2.45, 2.75) is 50.9 Å². The van der Waals surface area contributed by atoms with Crippen LogP contribution < -0.4 is 0 Å². The average Bonchev–Trinajstić information content (AvgIpc) is 3.18. The van der Waals surface area contributed by atoms with E-state index in [-0.39, 0.29) is 6.10 Å². The van der Waals surface area contributed by atoms with E-state index >= 15 is 0 Å². The van der Waals surface area contributed by atoms with Crippen LogP contribution in [-0.2, 0) is 11.2 Å². The van der Waals surface area contributed by atoms with Crippen molar-refractivity contribution >= 4 is 17.0 Å². The first kappa shape index (κ1) is 12.8. The molecule has 2 saturated heterocycles. The summed E-state index contributed by atoms with van der Waals surface area (Å²) in [5.74, 6) is 0.126. The standard InChI is InChI=1S/C16H18N2O3/c1-2-15-17-11-5-3-9(16(19)20)7-12(11)18(15)13-8-10-4-6-14(13)21-10/h3,5,7,10,13-14H,2,4,6,8H2,1H3,(H,19,20). The topological polar surface area (TPSA) is 64.3 Å². The second-order valence-electron chi connectivity index (χ2n) is 5.94. The number of hydrogen-bond acceptors (Lipinski definition) is 3. The van der Waals surface area contributed by atoms with Gasteiger partial charge in [-0.25, -0.2) is 9.78 Å². The molecular weight excluding hydrogens is 268 g/mol. The molecule has 1 aromatic carbocycles. The van der Waals surface area contributed by atoms with Gasteiger partial charge >= 0.3 is 5.97 Å². The van der Waals surface area contributed by atoms with Gasteiger partial charge < -0.3 is 14.4 Å². The maximum Gasteiger partial charge on any atom is 0.335 e. The molecule has 21 heavy (non-hydrogen) atoms. The average molecular weight is 286 g/mol. The van der Waals surface area contributed by atoms with Gasteiger partial charge in [0.25, 0.3) is 0 Å². The molecule has 1 aromatic heterocycles. The minimum Gasteiger partial charge on any atom is -0.478 e. The monoisotopic (exact) mass is 286 g/mol. The van der Waals surface area contributed by atoms with Gasteiger partial charge in [-0.05, 0) is 37.5 Å². The Morgan fingerprint density at radius 1 is 1.48 bits per heavy atom. The Morgan fingerprint density at radius 3 is 2.95 bits per heavy atom. The summed E-state index contributed by atoms with van der Waals surface area (Å²) in [4.78, 5) is 15.9. The zero-order valence-corrected chi connectivity index (χ0v) is 12.0. The van der Waals surface area contributed by atoms with Crippen molar-refractivity contribution < 1.29 is 14.6 Å². The van der Waals surface area contributed by atoms with Crippen molar-refractivity contribution in [1.82, 2.24) is 9.55 Å². The third kappa shape index (κ3) is 1.87. The normalized spacial score (nSPS) is 27.6. The highest BCUT2D eigenvalue weighted by atomic mass is 16.5. The maximum atomic E-state index is 11.2. The molecule has 0 aliphatic carbocycles. The third-order valence-corrected chi connectivity index (χ3v) is 4.73. The summed E-state index contributed by atoms with van der Waals surface area (Å²) < 4.78 is 8.20. The van der Waals surface area contributed by atoms with Gasteiger partial charge in [0, 0.05) is 6.42 Å². The number of nitrogens with zero attached hydrogens (tertiary/aromatic N) is 2. The summed E-state index contributed by atoms with van der Waals surface area (Å²) >= 11 is 0. The lowest BCUT2D eigenvalue weighted by Crippen LogP contribution is -2.22. The number of aromatic nitrogens is 2. The van der Waals surface area contributed by atoms with Gasteiger partial charge in [-0.3, -0.25) is 0 Å². The highest BCUT2D eigenvalue weighted by Gasteiger charge is 2.42. The molecule has 2 aromatic rings. The van der Waals surface area contributed by atoms with Crippen LogP contribution in [0.15, 0.2) is 18.2 Å². The van der Waals surface area contributed by atoms with Gasteiger partial charge in [-0.2, -0.15) is 0 Å². The van der Waals surface area contributed by atoms with Crippen LogP contribution in [0.1, 0.15) is 48.4 Å². The van der Waals surface area contributed by atoms with Crippen molar-refractivity contribution in [3.63, 3.8) is 0 Å². The van der Waals surface area contributed by atoms with Crippen LogP contribution in [0.4, 0.5) is 0 Å². The molecule has 4 rings (SSSR count). The van der Waals surface area contributed by atoms with E-state index in [0.717, 1.165) is 42.5 Å². The summed E-state index contributed by atoms with van der Waals surface area (Å²) in [6, 6.07) is 5.48. The van der Waals surface area contributed by atoms with Gasteiger partial charge in [0.05, 0.1) is 34.8 Å². The molecule has 5 heteroatoms. The van der Waals surface area contributed by atoms with E-state index in [1.54, 1.807) is 12.1 Å². The fraction of sp³-hybridized carbons (Fsp3) is 0.500. The van der Waals surface area contributed by atoms with Crippen LogP contribution in [0.2, 0.25) is 0 Å². The van der Waals surface area contributed by atoms with Crippen LogP contribution >= 0.6 is 0 Å². The Hall–Kier alpha value is -1.88. The van der Waals surface area contributed by atoms with Gasteiger partial charge in [0.1, 0.15) is 5.82 Å². The van der Waals surface area contributed by atoms with Crippen molar-refractivity contribution in [3.8, 4) is 0 Å². The lowest BCUT2D eigenvalue weighted by molar-refractivity contribution is 0.0697. The molecule has 0 saturated carbocycles. The molecule has 1 N–H and O–H groups in total. The Morgan fingerprint density at radius 2 is 2.33 bits per heavy atom. The number of ether oxygens (including phenoxy) is 1. The number of carbonyl (C=O) groups is 1. The molecule has 110 valence electrons. The smallest absolute Gasteiger partial charge is 0.335 e. The first-order chi connectivity index (χ1) is 10.2. The summed E-state index contributed by atoms with van der Waals surface area (Å²) in [7, 11) is 0. The first-order valence-electron chi connectivity index (χ1n) is 7.57. The van der Waals surface area contributed by atoms with Crippen molar-refractivity contribution in [2.75, 3.05) is 0 Å². The van der Waals surface area contributed by atoms with E-state index in [0.29, 0.717) is 17.7 Å². The molecule has 3 heterocycles. The predicted molar refractivity (Wildman–Crippen MR) is 77.6 cm³/mol. The number of fused-ring (bicyclic) bond motifs is 3. The van der Waals surface area contributed by atoms with Crippen molar-refractivity contribution in [1.29, 1.82) is 0 Å². The fourth-order valence-electron chi connectivity index (χ4n) is 3.78. The molecule has 2 aliphatic rings. The highest BCUT2D eigenvalue weighted by molar-refractivity contribution is 5.92. The Bertz CT molecular complexity index is 722. The lowest BCUT2D eigenvalue weighted by Gasteiger charge is -2.23. The fourth-order valence-corrected chi connectivity index (χ4v) is 3.78. The largest absolute Gasteiger partial charge is 0.478 e. The molecule has 5 nitrogen and oxygen atoms in total. The molecule has 2 bridgehead atoms. The Kier molecular flexibility index (Phi) is 2.79. The highest BCUT2D eigenvalue weighted by Crippen LogP contribution is 2.43. The van der Waals surface area contributed by atoms with Crippen molar-refractivity contribution in [3.05, 3.63) is 29.6 Å². The molecular formula is C16H18N2O3. The van der Waals surface area contributed by atoms with Gasteiger partial charge in [0.15, 0.2) is 0 Å². The summed E-state index contributed by atoms with van der Waals surface area (Å²) in [6.45, 7) is 2.09. The second kappa shape index (κ2) is 4.56. The van der Waals surface area contributed by atoms with Crippen LogP contribution in [0.3, 0.4) is 0 Å². The van der Waals surface area contributed by atoms with Crippen LogP contribution in [0.25, 0.3) is 11.0 Å². The zero-order chi connectivity index (χ0) is 14.6. The number of aromatic carboxylic acids is 1. The maximum absolute atomic E-state index is 11.2.